The topological polar surface area (TPSA) is 70.7 Å². The second-order valence-electron chi connectivity index (χ2n) is 4.59. The van der Waals surface area contributed by atoms with E-state index in [1.165, 1.54) is 12.1 Å². The summed E-state index contributed by atoms with van der Waals surface area (Å²) in [6.07, 6.45) is 0. The Morgan fingerprint density at radius 1 is 0.950 bits per heavy atom. The zero-order valence-electron chi connectivity index (χ0n) is 10.8. The summed E-state index contributed by atoms with van der Waals surface area (Å²) in [7, 11) is 0. The Hall–Kier alpha value is -2.21. The molecule has 100 valence electrons. The summed E-state index contributed by atoms with van der Waals surface area (Å²) in [5.74, 6) is 0.230. The second kappa shape index (κ2) is 4.72. The molecule has 0 aliphatic rings. The van der Waals surface area contributed by atoms with Gasteiger partial charge < -0.3 is 0 Å². The van der Waals surface area contributed by atoms with Crippen molar-refractivity contribution in [1.29, 1.82) is 0 Å². The van der Waals surface area contributed by atoms with E-state index in [1.807, 2.05) is 0 Å². The second-order valence-corrected chi connectivity index (χ2v) is 6.50. The van der Waals surface area contributed by atoms with Crippen molar-refractivity contribution in [2.24, 2.45) is 0 Å². The molecule has 0 saturated heterocycles. The Morgan fingerprint density at radius 3 is 2.30 bits per heavy atom. The molecule has 0 aliphatic heterocycles. The van der Waals surface area contributed by atoms with Gasteiger partial charge in [0.2, 0.25) is 0 Å². The van der Waals surface area contributed by atoms with Crippen LogP contribution in [0.3, 0.4) is 0 Å². The zero-order valence-corrected chi connectivity index (χ0v) is 14.9. The maximum absolute atomic E-state index is 12.6. The summed E-state index contributed by atoms with van der Waals surface area (Å²) >= 11 is 0.166. The van der Waals surface area contributed by atoms with Gasteiger partial charge in [0, 0.05) is 0 Å². The fourth-order valence-electron chi connectivity index (χ4n) is 2.26. The summed E-state index contributed by atoms with van der Waals surface area (Å²) in [5.41, 5.74) is 1.57. The van der Waals surface area contributed by atoms with Gasteiger partial charge in [-0.1, -0.05) is 0 Å². The number of aromatic hydroxyl groups is 2. The SMILES string of the molecule is O=c1c(-c2ccc(O)cc2)[c]([GeH3])oc2cc(O)ccc12. The minimum atomic E-state index is -0.111. The van der Waals surface area contributed by atoms with Crippen molar-refractivity contribution in [3.05, 3.63) is 52.7 Å². The molecule has 2 aromatic carbocycles. The van der Waals surface area contributed by atoms with E-state index in [0.29, 0.717) is 21.1 Å². The first-order valence-electron chi connectivity index (χ1n) is 6.12. The van der Waals surface area contributed by atoms with E-state index in [-0.39, 0.29) is 33.4 Å². The molecule has 1 heterocycles. The van der Waals surface area contributed by atoms with Gasteiger partial charge in [-0.05, 0) is 0 Å². The normalized spacial score (nSPS) is 11.0. The number of phenols is 2. The minimum absolute atomic E-state index is 0.0740. The first-order chi connectivity index (χ1) is 9.56. The molecule has 0 radical (unpaired) electrons. The van der Waals surface area contributed by atoms with Gasteiger partial charge in [-0.2, -0.15) is 0 Å². The third-order valence-electron chi connectivity index (χ3n) is 3.21. The molecule has 0 aliphatic carbocycles. The molecule has 0 spiro atoms. The van der Waals surface area contributed by atoms with Crippen molar-refractivity contribution < 1.29 is 14.6 Å². The van der Waals surface area contributed by atoms with Crippen molar-refractivity contribution in [3.63, 3.8) is 0 Å². The van der Waals surface area contributed by atoms with Gasteiger partial charge in [0.25, 0.3) is 0 Å². The molecule has 0 amide bonds. The summed E-state index contributed by atoms with van der Waals surface area (Å²) < 4.78 is 6.36. The number of hydrogen-bond donors (Lipinski definition) is 2. The van der Waals surface area contributed by atoms with Gasteiger partial charge in [-0.15, -0.1) is 0 Å². The quantitative estimate of drug-likeness (QED) is 0.650. The van der Waals surface area contributed by atoms with E-state index in [4.69, 9.17) is 4.42 Å². The number of fused-ring (bicyclic) bond motifs is 1. The average Bonchev–Trinajstić information content (AvgIpc) is 2.40. The Balaban J connectivity index is 2.34. The molecular weight excluding hydrogens is 317 g/mol. The summed E-state index contributed by atoms with van der Waals surface area (Å²) in [6, 6.07) is 11.0. The molecule has 3 aromatic rings. The van der Waals surface area contributed by atoms with Gasteiger partial charge in [-0.3, -0.25) is 0 Å². The maximum atomic E-state index is 12.6. The van der Waals surface area contributed by atoms with E-state index in [0.717, 1.165) is 5.56 Å². The predicted molar refractivity (Wildman–Crippen MR) is 80.8 cm³/mol. The van der Waals surface area contributed by atoms with Gasteiger partial charge >= 0.3 is 122 Å². The van der Waals surface area contributed by atoms with Crippen LogP contribution in [0.4, 0.5) is 0 Å². The van der Waals surface area contributed by atoms with Crippen LogP contribution in [0.1, 0.15) is 0 Å². The van der Waals surface area contributed by atoms with Crippen LogP contribution >= 0.6 is 0 Å². The summed E-state index contributed by atoms with van der Waals surface area (Å²) in [4.78, 5) is 12.6. The van der Waals surface area contributed by atoms with Crippen LogP contribution in [0.15, 0.2) is 51.7 Å². The molecule has 0 fully saturated rings. The van der Waals surface area contributed by atoms with Crippen LogP contribution in [-0.4, -0.2) is 26.7 Å². The number of rotatable bonds is 1. The summed E-state index contributed by atoms with van der Waals surface area (Å²) in [5, 5.41) is 19.2. The monoisotopic (exact) mass is 330 g/mol. The van der Waals surface area contributed by atoms with Crippen LogP contribution in [0, 0.1) is 0 Å². The van der Waals surface area contributed by atoms with Crippen molar-refractivity contribution in [2.45, 2.75) is 0 Å². The molecule has 0 bridgehead atoms. The Kier molecular flexibility index (Phi) is 3.02. The molecule has 0 unspecified atom stereocenters. The number of phenolic OH excluding ortho intramolecular Hbond substituents is 2. The van der Waals surface area contributed by atoms with Gasteiger partial charge in [0.1, 0.15) is 0 Å². The third kappa shape index (κ3) is 2.08. The van der Waals surface area contributed by atoms with Gasteiger partial charge in [0.15, 0.2) is 0 Å². The molecule has 1 aromatic heterocycles. The van der Waals surface area contributed by atoms with E-state index in [2.05, 4.69) is 0 Å². The van der Waals surface area contributed by atoms with Crippen LogP contribution in [0.25, 0.3) is 22.1 Å². The van der Waals surface area contributed by atoms with Crippen molar-refractivity contribution >= 4 is 32.1 Å². The number of benzene rings is 2. The summed E-state index contributed by atoms with van der Waals surface area (Å²) in [6.45, 7) is 0. The molecular formula is C15H12GeO4. The van der Waals surface area contributed by atoms with Crippen molar-refractivity contribution in [1.82, 2.24) is 0 Å². The first kappa shape index (κ1) is 12.8. The van der Waals surface area contributed by atoms with E-state index in [1.54, 1.807) is 30.3 Å². The first-order valence-corrected chi connectivity index (χ1v) is 8.22. The van der Waals surface area contributed by atoms with Gasteiger partial charge in [0.05, 0.1) is 0 Å². The third-order valence-corrected chi connectivity index (χ3v) is 4.69. The fraction of sp³-hybridized carbons (Fsp3) is 0. The van der Waals surface area contributed by atoms with Crippen LogP contribution < -0.4 is 10.0 Å². The Bertz CT molecular complexity index is 850. The van der Waals surface area contributed by atoms with Crippen molar-refractivity contribution in [2.75, 3.05) is 0 Å². The van der Waals surface area contributed by atoms with Gasteiger partial charge in [-0.25, -0.2) is 0 Å². The van der Waals surface area contributed by atoms with Crippen LogP contribution in [0.2, 0.25) is 0 Å². The average molecular weight is 329 g/mol. The molecule has 5 heteroatoms. The van der Waals surface area contributed by atoms with Crippen molar-refractivity contribution in [3.8, 4) is 22.6 Å². The van der Waals surface area contributed by atoms with Crippen LogP contribution in [-0.2, 0) is 0 Å². The van der Waals surface area contributed by atoms with E-state index >= 15 is 0 Å². The zero-order chi connectivity index (χ0) is 14.3. The standard InChI is InChI=1S/C15H12GeO4/c16-15-13(8-1-3-9(17)4-2-8)14(19)11-6-5-10(18)7-12(11)20-15/h1-7,17-18H,16H3. The molecule has 2 N–H and O–H groups in total. The Labute approximate surface area is 122 Å². The molecule has 20 heavy (non-hydrogen) atoms. The number of hydrogen-bond acceptors (Lipinski definition) is 4. The van der Waals surface area contributed by atoms with E-state index < -0.39 is 0 Å². The predicted octanol–water partition coefficient (Wildman–Crippen LogP) is 0.862. The van der Waals surface area contributed by atoms with Crippen LogP contribution in [0.5, 0.6) is 11.5 Å². The fourth-order valence-corrected chi connectivity index (χ4v) is 3.80. The Morgan fingerprint density at radius 2 is 1.60 bits per heavy atom. The molecule has 0 saturated carbocycles. The molecule has 0 atom stereocenters. The molecule has 3 rings (SSSR count). The van der Waals surface area contributed by atoms with E-state index in [9.17, 15) is 15.0 Å². The molecule has 4 nitrogen and oxygen atoms in total.